The molecule has 2 aromatic rings. The third kappa shape index (κ3) is 5.38. The first-order chi connectivity index (χ1) is 11.1. The van der Waals surface area contributed by atoms with Gasteiger partial charge in [0.25, 0.3) is 0 Å². The van der Waals surface area contributed by atoms with Crippen LogP contribution in [0.5, 0.6) is 11.5 Å². The number of rotatable bonds is 6. The van der Waals surface area contributed by atoms with Gasteiger partial charge in [-0.3, -0.25) is 0 Å². The van der Waals surface area contributed by atoms with Gasteiger partial charge in [0.05, 0.1) is 13.7 Å². The number of hydrogen-bond acceptors (Lipinski definition) is 3. The Kier molecular flexibility index (Phi) is 6.11. The van der Waals surface area contributed by atoms with E-state index in [0.29, 0.717) is 35.4 Å². The van der Waals surface area contributed by atoms with E-state index in [1.807, 2.05) is 25.1 Å². The van der Waals surface area contributed by atoms with Gasteiger partial charge in [-0.25, -0.2) is 4.79 Å². The Morgan fingerprint density at radius 2 is 1.87 bits per heavy atom. The minimum Gasteiger partial charge on any atom is -0.493 e. The number of nitrogens with one attached hydrogen (secondary N) is 2. The molecular weight excluding hydrogens is 316 g/mol. The van der Waals surface area contributed by atoms with Gasteiger partial charge in [0.15, 0.2) is 11.5 Å². The van der Waals surface area contributed by atoms with Gasteiger partial charge in [-0.05, 0) is 48.9 Å². The van der Waals surface area contributed by atoms with Crippen molar-refractivity contribution in [2.24, 2.45) is 0 Å². The maximum atomic E-state index is 11.7. The number of aryl methyl sites for hydroxylation is 1. The number of anilines is 1. The van der Waals surface area contributed by atoms with Crippen LogP contribution in [0.2, 0.25) is 5.02 Å². The van der Waals surface area contributed by atoms with Crippen LogP contribution < -0.4 is 20.1 Å². The summed E-state index contributed by atoms with van der Waals surface area (Å²) in [4.78, 5) is 11.7. The predicted molar refractivity (Wildman–Crippen MR) is 91.7 cm³/mol. The van der Waals surface area contributed by atoms with Crippen LogP contribution >= 0.6 is 11.6 Å². The highest BCUT2D eigenvalue weighted by atomic mass is 35.5. The molecule has 0 fully saturated rings. The number of methoxy groups -OCH3 is 1. The van der Waals surface area contributed by atoms with E-state index in [9.17, 15) is 4.79 Å². The van der Waals surface area contributed by atoms with Crippen molar-refractivity contribution in [2.75, 3.05) is 25.6 Å². The van der Waals surface area contributed by atoms with Crippen LogP contribution in [0.15, 0.2) is 42.5 Å². The lowest BCUT2D eigenvalue weighted by molar-refractivity contribution is 0.246. The molecule has 0 spiro atoms. The Morgan fingerprint density at radius 3 is 2.57 bits per heavy atom. The monoisotopic (exact) mass is 334 g/mol. The Morgan fingerprint density at radius 1 is 1.13 bits per heavy atom. The van der Waals surface area contributed by atoms with Crippen molar-refractivity contribution in [1.29, 1.82) is 0 Å². The van der Waals surface area contributed by atoms with Crippen molar-refractivity contribution < 1.29 is 14.3 Å². The average molecular weight is 335 g/mol. The number of carbonyl (C=O) groups is 1. The zero-order chi connectivity index (χ0) is 16.7. The van der Waals surface area contributed by atoms with Gasteiger partial charge in [0, 0.05) is 10.7 Å². The zero-order valence-corrected chi connectivity index (χ0v) is 13.8. The molecule has 0 saturated carbocycles. The highest BCUT2D eigenvalue weighted by molar-refractivity contribution is 6.30. The minimum absolute atomic E-state index is 0.299. The molecule has 2 amide bonds. The Labute approximate surface area is 140 Å². The number of halogens is 1. The van der Waals surface area contributed by atoms with Gasteiger partial charge in [0.1, 0.15) is 6.61 Å². The number of benzene rings is 2. The summed E-state index contributed by atoms with van der Waals surface area (Å²) >= 11 is 5.79. The highest BCUT2D eigenvalue weighted by Gasteiger charge is 2.05. The summed E-state index contributed by atoms with van der Waals surface area (Å²) in [5.74, 6) is 1.33. The highest BCUT2D eigenvalue weighted by Crippen LogP contribution is 2.27. The van der Waals surface area contributed by atoms with E-state index in [0.717, 1.165) is 5.56 Å². The second kappa shape index (κ2) is 8.29. The minimum atomic E-state index is -0.299. The van der Waals surface area contributed by atoms with Crippen LogP contribution in [0, 0.1) is 6.92 Å². The van der Waals surface area contributed by atoms with Crippen LogP contribution in [0.3, 0.4) is 0 Å². The number of carbonyl (C=O) groups excluding carboxylic acids is 1. The molecule has 0 aliphatic heterocycles. The number of hydrogen-bond donors (Lipinski definition) is 2. The van der Waals surface area contributed by atoms with Crippen molar-refractivity contribution in [3.05, 3.63) is 53.1 Å². The van der Waals surface area contributed by atoms with Crippen molar-refractivity contribution in [2.45, 2.75) is 6.92 Å². The summed E-state index contributed by atoms with van der Waals surface area (Å²) < 4.78 is 10.9. The lowest BCUT2D eigenvalue weighted by atomic mass is 10.2. The molecule has 2 aromatic carbocycles. The van der Waals surface area contributed by atoms with E-state index in [2.05, 4.69) is 10.6 Å². The van der Waals surface area contributed by atoms with E-state index in [1.54, 1.807) is 31.4 Å². The first-order valence-corrected chi connectivity index (χ1v) is 7.54. The lowest BCUT2D eigenvalue weighted by Gasteiger charge is -2.12. The first-order valence-electron chi connectivity index (χ1n) is 7.16. The summed E-state index contributed by atoms with van der Waals surface area (Å²) in [6, 6.07) is 12.3. The zero-order valence-electron chi connectivity index (χ0n) is 13.1. The van der Waals surface area contributed by atoms with E-state index in [1.165, 1.54) is 0 Å². The van der Waals surface area contributed by atoms with Gasteiger partial charge in [-0.1, -0.05) is 17.7 Å². The summed E-state index contributed by atoms with van der Waals surface area (Å²) in [7, 11) is 1.60. The van der Waals surface area contributed by atoms with Gasteiger partial charge in [-0.15, -0.1) is 0 Å². The van der Waals surface area contributed by atoms with E-state index in [4.69, 9.17) is 21.1 Å². The standard InChI is InChI=1S/C17H19ClN2O3/c1-12-3-8-15(16(11-12)22-2)23-10-9-19-17(21)20-14-6-4-13(18)5-7-14/h3-8,11H,9-10H2,1-2H3,(H2,19,20,21). The van der Waals surface area contributed by atoms with Gasteiger partial charge in [-0.2, -0.15) is 0 Å². The van der Waals surface area contributed by atoms with Crippen LogP contribution in [-0.4, -0.2) is 26.3 Å². The first kappa shape index (κ1) is 17.0. The third-order valence-electron chi connectivity index (χ3n) is 3.07. The number of urea groups is 1. The molecule has 122 valence electrons. The smallest absolute Gasteiger partial charge is 0.319 e. The molecule has 0 unspecified atom stereocenters. The number of amides is 2. The Balaban J connectivity index is 1.74. The molecule has 0 aromatic heterocycles. The van der Waals surface area contributed by atoms with Gasteiger partial charge in [0.2, 0.25) is 0 Å². The SMILES string of the molecule is COc1cc(C)ccc1OCCNC(=O)Nc1ccc(Cl)cc1. The van der Waals surface area contributed by atoms with Crippen molar-refractivity contribution in [3.8, 4) is 11.5 Å². The van der Waals surface area contributed by atoms with Crippen LogP contribution in [0.4, 0.5) is 10.5 Å². The second-order valence-electron chi connectivity index (χ2n) is 4.89. The van der Waals surface area contributed by atoms with Gasteiger partial charge >= 0.3 is 6.03 Å². The average Bonchev–Trinajstić information content (AvgIpc) is 2.54. The summed E-state index contributed by atoms with van der Waals surface area (Å²) in [5, 5.41) is 6.05. The Bertz CT molecular complexity index is 659. The topological polar surface area (TPSA) is 59.6 Å². The summed E-state index contributed by atoms with van der Waals surface area (Å²) in [6.45, 7) is 2.69. The molecule has 0 bridgehead atoms. The molecule has 0 heterocycles. The quantitative estimate of drug-likeness (QED) is 0.789. The third-order valence-corrected chi connectivity index (χ3v) is 3.32. The maximum Gasteiger partial charge on any atom is 0.319 e. The molecule has 0 radical (unpaired) electrons. The summed E-state index contributed by atoms with van der Waals surface area (Å²) in [6.07, 6.45) is 0. The molecule has 0 aliphatic carbocycles. The van der Waals surface area contributed by atoms with Crippen LogP contribution in [0.25, 0.3) is 0 Å². The van der Waals surface area contributed by atoms with E-state index < -0.39 is 0 Å². The fourth-order valence-corrected chi connectivity index (χ4v) is 2.05. The molecular formula is C17H19ClN2O3. The second-order valence-corrected chi connectivity index (χ2v) is 5.33. The normalized spacial score (nSPS) is 10.0. The lowest BCUT2D eigenvalue weighted by Crippen LogP contribution is -2.32. The predicted octanol–water partition coefficient (Wildman–Crippen LogP) is 3.86. The molecule has 5 nitrogen and oxygen atoms in total. The molecule has 23 heavy (non-hydrogen) atoms. The molecule has 6 heteroatoms. The fourth-order valence-electron chi connectivity index (χ4n) is 1.93. The van der Waals surface area contributed by atoms with E-state index >= 15 is 0 Å². The van der Waals surface area contributed by atoms with Crippen molar-refractivity contribution in [1.82, 2.24) is 5.32 Å². The van der Waals surface area contributed by atoms with Crippen molar-refractivity contribution >= 4 is 23.3 Å². The molecule has 2 N–H and O–H groups in total. The van der Waals surface area contributed by atoms with Gasteiger partial charge < -0.3 is 20.1 Å². The largest absolute Gasteiger partial charge is 0.493 e. The molecule has 0 atom stereocenters. The molecule has 0 saturated heterocycles. The summed E-state index contributed by atoms with van der Waals surface area (Å²) in [5.41, 5.74) is 1.77. The molecule has 0 aliphatic rings. The maximum absolute atomic E-state index is 11.7. The molecule has 2 rings (SSSR count). The van der Waals surface area contributed by atoms with E-state index in [-0.39, 0.29) is 6.03 Å². The van der Waals surface area contributed by atoms with Crippen molar-refractivity contribution in [3.63, 3.8) is 0 Å². The van der Waals surface area contributed by atoms with Crippen LogP contribution in [-0.2, 0) is 0 Å². The Hall–Kier alpha value is -2.40. The fraction of sp³-hybridized carbons (Fsp3) is 0.235. The van der Waals surface area contributed by atoms with Crippen LogP contribution in [0.1, 0.15) is 5.56 Å². The number of ether oxygens (including phenoxy) is 2.